The van der Waals surface area contributed by atoms with E-state index in [9.17, 15) is 9.18 Å². The van der Waals surface area contributed by atoms with E-state index < -0.39 is 11.8 Å². The summed E-state index contributed by atoms with van der Waals surface area (Å²) in [6.07, 6.45) is 2.18. The van der Waals surface area contributed by atoms with Crippen molar-refractivity contribution in [1.29, 1.82) is 0 Å². The van der Waals surface area contributed by atoms with Crippen LogP contribution in [0.25, 0.3) is 0 Å². The summed E-state index contributed by atoms with van der Waals surface area (Å²) in [4.78, 5) is 10.8. The van der Waals surface area contributed by atoms with Gasteiger partial charge in [-0.1, -0.05) is 0 Å². The summed E-state index contributed by atoms with van der Waals surface area (Å²) in [5, 5.41) is 3.58. The van der Waals surface area contributed by atoms with Gasteiger partial charge >= 0.3 is 5.97 Å². The van der Waals surface area contributed by atoms with Gasteiger partial charge in [-0.25, -0.2) is 4.39 Å². The average molecular weight is 172 g/mol. The Hall–Kier alpha value is -1.39. The minimum atomic E-state index is -0.459. The largest absolute Gasteiger partial charge is 0.465 e. The summed E-state index contributed by atoms with van der Waals surface area (Å²) in [6, 6.07) is 0. The van der Waals surface area contributed by atoms with Gasteiger partial charge < -0.3 is 4.74 Å². The molecule has 0 aliphatic carbocycles. The highest BCUT2D eigenvalue weighted by molar-refractivity contribution is 5.68. The number of rotatable bonds is 3. The molecule has 66 valence electrons. The molecule has 0 aliphatic heterocycles. The van der Waals surface area contributed by atoms with E-state index in [-0.39, 0.29) is 6.54 Å². The Kier molecular flexibility index (Phi) is 2.79. The maximum Gasteiger partial charge on any atom is 0.327 e. The molecule has 0 saturated heterocycles. The smallest absolute Gasteiger partial charge is 0.327 e. The number of halogens is 1. The third-order valence-corrected chi connectivity index (χ3v) is 1.20. The van der Waals surface area contributed by atoms with Crippen LogP contribution in [-0.4, -0.2) is 22.4 Å². The van der Waals surface area contributed by atoms with Gasteiger partial charge in [-0.3, -0.25) is 9.48 Å². The molecule has 0 saturated carbocycles. The highest BCUT2D eigenvalue weighted by Crippen LogP contribution is 1.94. The number of esters is 1. The van der Waals surface area contributed by atoms with E-state index in [1.54, 1.807) is 6.92 Å². The van der Waals surface area contributed by atoms with Gasteiger partial charge in [-0.05, 0) is 6.92 Å². The standard InChI is InChI=1S/C7H9FN2O2/c1-2-12-7(11)5-10-4-6(8)3-9-10/h3-4H,2,5H2,1H3. The lowest BCUT2D eigenvalue weighted by Gasteiger charge is -2.00. The maximum absolute atomic E-state index is 12.3. The van der Waals surface area contributed by atoms with Crippen molar-refractivity contribution >= 4 is 5.97 Å². The second-order valence-corrected chi connectivity index (χ2v) is 2.16. The molecule has 0 amide bonds. The van der Waals surface area contributed by atoms with Gasteiger partial charge in [0.1, 0.15) is 6.54 Å². The van der Waals surface area contributed by atoms with E-state index in [1.165, 1.54) is 4.68 Å². The van der Waals surface area contributed by atoms with Crippen LogP contribution in [0.15, 0.2) is 12.4 Å². The zero-order valence-electron chi connectivity index (χ0n) is 6.66. The van der Waals surface area contributed by atoms with Crippen molar-refractivity contribution in [3.8, 4) is 0 Å². The summed E-state index contributed by atoms with van der Waals surface area (Å²) in [7, 11) is 0. The molecule has 0 radical (unpaired) electrons. The summed E-state index contributed by atoms with van der Waals surface area (Å²) < 4.78 is 18.1. The molecule has 1 rings (SSSR count). The normalized spacial score (nSPS) is 9.83. The van der Waals surface area contributed by atoms with Gasteiger partial charge in [0.05, 0.1) is 19.0 Å². The predicted molar refractivity (Wildman–Crippen MR) is 38.8 cm³/mol. The molecule has 4 nitrogen and oxygen atoms in total. The van der Waals surface area contributed by atoms with Crippen molar-refractivity contribution in [2.24, 2.45) is 0 Å². The fourth-order valence-corrected chi connectivity index (χ4v) is 0.764. The van der Waals surface area contributed by atoms with E-state index >= 15 is 0 Å². The lowest BCUT2D eigenvalue weighted by molar-refractivity contribution is -0.144. The Bertz CT molecular complexity index is 272. The van der Waals surface area contributed by atoms with E-state index in [2.05, 4.69) is 9.84 Å². The summed E-state index contributed by atoms with van der Waals surface area (Å²) in [6.45, 7) is 1.99. The number of aromatic nitrogens is 2. The summed E-state index contributed by atoms with van der Waals surface area (Å²) >= 11 is 0. The van der Waals surface area contributed by atoms with Crippen LogP contribution in [0.2, 0.25) is 0 Å². The van der Waals surface area contributed by atoms with Crippen LogP contribution < -0.4 is 0 Å². The van der Waals surface area contributed by atoms with E-state index in [0.29, 0.717) is 6.61 Å². The van der Waals surface area contributed by atoms with Gasteiger partial charge in [0.2, 0.25) is 0 Å². The molecule has 0 aromatic carbocycles. The molecule has 0 N–H and O–H groups in total. The van der Waals surface area contributed by atoms with Crippen LogP contribution in [0.4, 0.5) is 4.39 Å². The zero-order chi connectivity index (χ0) is 8.97. The zero-order valence-corrected chi connectivity index (χ0v) is 6.66. The monoisotopic (exact) mass is 172 g/mol. The molecule has 1 aromatic heterocycles. The first-order chi connectivity index (χ1) is 5.72. The van der Waals surface area contributed by atoms with Crippen molar-refractivity contribution < 1.29 is 13.9 Å². The van der Waals surface area contributed by atoms with Gasteiger partial charge in [-0.15, -0.1) is 0 Å². The first-order valence-electron chi connectivity index (χ1n) is 3.56. The van der Waals surface area contributed by atoms with Crippen LogP contribution in [0.3, 0.4) is 0 Å². The second-order valence-electron chi connectivity index (χ2n) is 2.16. The second kappa shape index (κ2) is 3.85. The van der Waals surface area contributed by atoms with E-state index in [1.807, 2.05) is 0 Å². The van der Waals surface area contributed by atoms with Gasteiger partial charge in [0.15, 0.2) is 5.82 Å². The molecule has 5 heteroatoms. The fraction of sp³-hybridized carbons (Fsp3) is 0.429. The fourth-order valence-electron chi connectivity index (χ4n) is 0.764. The maximum atomic E-state index is 12.3. The Morgan fingerprint density at radius 1 is 1.83 bits per heavy atom. The SMILES string of the molecule is CCOC(=O)Cn1cc(F)cn1. The van der Waals surface area contributed by atoms with E-state index in [4.69, 9.17) is 0 Å². The van der Waals surface area contributed by atoms with Gasteiger partial charge in [0, 0.05) is 0 Å². The van der Waals surface area contributed by atoms with Gasteiger partial charge in [0.25, 0.3) is 0 Å². The molecular weight excluding hydrogens is 163 g/mol. The number of hydrogen-bond donors (Lipinski definition) is 0. The highest BCUT2D eigenvalue weighted by atomic mass is 19.1. The minimum absolute atomic E-state index is 0.0439. The summed E-state index contributed by atoms with van der Waals surface area (Å²) in [5.74, 6) is -0.875. The number of carbonyl (C=O) groups is 1. The molecule has 0 spiro atoms. The quantitative estimate of drug-likeness (QED) is 0.626. The Balaban J connectivity index is 2.46. The topological polar surface area (TPSA) is 44.1 Å². The van der Waals surface area contributed by atoms with Crippen LogP contribution in [0, 0.1) is 5.82 Å². The first kappa shape index (κ1) is 8.70. The van der Waals surface area contributed by atoms with Gasteiger partial charge in [-0.2, -0.15) is 5.10 Å². The Labute approximate surface area is 68.9 Å². The predicted octanol–water partition coefficient (Wildman–Crippen LogP) is 0.585. The van der Waals surface area contributed by atoms with Crippen molar-refractivity contribution in [1.82, 2.24) is 9.78 Å². The third kappa shape index (κ3) is 2.34. The summed E-state index contributed by atoms with van der Waals surface area (Å²) in [5.41, 5.74) is 0. The minimum Gasteiger partial charge on any atom is -0.465 e. The molecule has 0 bridgehead atoms. The Morgan fingerprint density at radius 2 is 2.58 bits per heavy atom. The average Bonchev–Trinajstić information content (AvgIpc) is 2.36. The first-order valence-corrected chi connectivity index (χ1v) is 3.56. The van der Waals surface area contributed by atoms with Crippen LogP contribution in [0.5, 0.6) is 0 Å². The molecule has 0 unspecified atom stereocenters. The highest BCUT2D eigenvalue weighted by Gasteiger charge is 2.03. The molecule has 0 aliphatic rings. The third-order valence-electron chi connectivity index (χ3n) is 1.20. The number of ether oxygens (including phenoxy) is 1. The van der Waals surface area contributed by atoms with Crippen molar-refractivity contribution in [3.05, 3.63) is 18.2 Å². The van der Waals surface area contributed by atoms with Crippen molar-refractivity contribution in [2.45, 2.75) is 13.5 Å². The van der Waals surface area contributed by atoms with Crippen LogP contribution in [-0.2, 0) is 16.1 Å². The molecule has 12 heavy (non-hydrogen) atoms. The lowest BCUT2D eigenvalue weighted by Crippen LogP contribution is -2.13. The van der Waals surface area contributed by atoms with Crippen LogP contribution >= 0.6 is 0 Å². The molecule has 0 atom stereocenters. The Morgan fingerprint density at radius 3 is 3.08 bits per heavy atom. The van der Waals surface area contributed by atoms with Crippen molar-refractivity contribution in [2.75, 3.05) is 6.61 Å². The molecule has 1 aromatic rings. The number of nitrogens with zero attached hydrogens (tertiary/aromatic N) is 2. The molecular formula is C7H9FN2O2. The lowest BCUT2D eigenvalue weighted by atomic mass is 10.6. The number of carbonyl (C=O) groups excluding carboxylic acids is 1. The molecule has 0 fully saturated rings. The van der Waals surface area contributed by atoms with Crippen molar-refractivity contribution in [3.63, 3.8) is 0 Å². The number of hydrogen-bond acceptors (Lipinski definition) is 3. The van der Waals surface area contributed by atoms with Crippen LogP contribution in [0.1, 0.15) is 6.92 Å². The molecule has 1 heterocycles. The van der Waals surface area contributed by atoms with E-state index in [0.717, 1.165) is 12.4 Å².